The minimum Gasteiger partial charge on any atom is -0.399 e. The van der Waals surface area contributed by atoms with Gasteiger partial charge in [-0.2, -0.15) is 0 Å². The molecule has 4 N–H and O–H groups in total. The SMILES string of the molecule is Nc1ccc(NC(=O)C(=O)NCC(c2cccc(F)c2)N2CCOCC2)cc1. The molecule has 1 heterocycles. The number of nitrogens with one attached hydrogen (secondary N) is 2. The minimum absolute atomic E-state index is 0.178. The third kappa shape index (κ3) is 5.28. The van der Waals surface area contributed by atoms with Gasteiger partial charge in [-0.15, -0.1) is 0 Å². The Hall–Kier alpha value is -2.97. The fourth-order valence-electron chi connectivity index (χ4n) is 3.08. The van der Waals surface area contributed by atoms with Crippen LogP contribution >= 0.6 is 0 Å². The second-order valence-corrected chi connectivity index (χ2v) is 6.51. The number of hydrogen-bond acceptors (Lipinski definition) is 5. The molecule has 1 aliphatic rings. The molecule has 2 amide bonds. The summed E-state index contributed by atoms with van der Waals surface area (Å²) in [6.45, 7) is 2.63. The standard InChI is InChI=1S/C20H23FN4O3/c21-15-3-1-2-14(12-15)18(25-8-10-28-11-9-25)13-23-19(26)20(27)24-17-6-4-16(22)5-7-17/h1-7,12,18H,8-11,13,22H2,(H,23,26)(H,24,27). The van der Waals surface area contributed by atoms with Crippen LogP contribution < -0.4 is 16.4 Å². The van der Waals surface area contributed by atoms with Crippen molar-refractivity contribution in [3.63, 3.8) is 0 Å². The van der Waals surface area contributed by atoms with Crippen molar-refractivity contribution in [1.82, 2.24) is 10.2 Å². The van der Waals surface area contributed by atoms with Crippen LogP contribution in [0, 0.1) is 5.82 Å². The van der Waals surface area contributed by atoms with Crippen LogP contribution in [0.3, 0.4) is 0 Å². The van der Waals surface area contributed by atoms with Gasteiger partial charge in [0.1, 0.15) is 5.82 Å². The summed E-state index contributed by atoms with van der Waals surface area (Å²) in [5.74, 6) is -1.88. The van der Waals surface area contributed by atoms with Crippen molar-refractivity contribution in [3.8, 4) is 0 Å². The monoisotopic (exact) mass is 386 g/mol. The summed E-state index contributed by atoms with van der Waals surface area (Å²) >= 11 is 0. The number of carbonyl (C=O) groups excluding carboxylic acids is 2. The second kappa shape index (κ2) is 9.29. The number of morpholine rings is 1. The number of nitrogens with two attached hydrogens (primary N) is 1. The number of ether oxygens (including phenoxy) is 1. The Morgan fingerprint density at radius 3 is 2.50 bits per heavy atom. The Kier molecular flexibility index (Phi) is 6.57. The number of nitrogens with zero attached hydrogens (tertiary/aromatic N) is 1. The van der Waals surface area contributed by atoms with E-state index in [-0.39, 0.29) is 18.4 Å². The molecule has 1 atom stereocenters. The van der Waals surface area contributed by atoms with Crippen LogP contribution in [0.1, 0.15) is 11.6 Å². The smallest absolute Gasteiger partial charge is 0.313 e. The molecule has 0 saturated carbocycles. The zero-order chi connectivity index (χ0) is 19.9. The van der Waals surface area contributed by atoms with Crippen LogP contribution in [0.2, 0.25) is 0 Å². The molecule has 1 saturated heterocycles. The highest BCUT2D eigenvalue weighted by Crippen LogP contribution is 2.22. The topological polar surface area (TPSA) is 96.7 Å². The fraction of sp³-hybridized carbons (Fsp3) is 0.300. The van der Waals surface area contributed by atoms with E-state index in [2.05, 4.69) is 15.5 Å². The average molecular weight is 386 g/mol. The van der Waals surface area contributed by atoms with E-state index in [1.165, 1.54) is 12.1 Å². The summed E-state index contributed by atoms with van der Waals surface area (Å²) in [5, 5.41) is 5.17. The molecule has 1 fully saturated rings. The lowest BCUT2D eigenvalue weighted by Gasteiger charge is -2.34. The lowest BCUT2D eigenvalue weighted by Crippen LogP contribution is -2.45. The van der Waals surface area contributed by atoms with Crippen LogP contribution in [0.4, 0.5) is 15.8 Å². The van der Waals surface area contributed by atoms with Crippen LogP contribution in [-0.2, 0) is 14.3 Å². The van der Waals surface area contributed by atoms with Gasteiger partial charge in [0.2, 0.25) is 0 Å². The molecule has 0 spiro atoms. The van der Waals surface area contributed by atoms with Gasteiger partial charge in [0, 0.05) is 31.0 Å². The van der Waals surface area contributed by atoms with Gasteiger partial charge >= 0.3 is 11.8 Å². The van der Waals surface area contributed by atoms with E-state index in [0.717, 1.165) is 5.56 Å². The van der Waals surface area contributed by atoms with Gasteiger partial charge in [0.15, 0.2) is 0 Å². The van der Waals surface area contributed by atoms with Crippen LogP contribution in [0.5, 0.6) is 0 Å². The molecule has 7 nitrogen and oxygen atoms in total. The molecule has 0 aromatic heterocycles. The van der Waals surface area contributed by atoms with Crippen molar-refractivity contribution in [3.05, 3.63) is 59.9 Å². The lowest BCUT2D eigenvalue weighted by atomic mass is 10.0. The number of carbonyl (C=O) groups is 2. The van der Waals surface area contributed by atoms with Crippen molar-refractivity contribution in [2.75, 3.05) is 43.9 Å². The Balaban J connectivity index is 1.64. The molecule has 0 radical (unpaired) electrons. The normalized spacial score (nSPS) is 15.6. The van der Waals surface area contributed by atoms with Gasteiger partial charge in [0.25, 0.3) is 0 Å². The maximum absolute atomic E-state index is 13.7. The molecule has 148 valence electrons. The van der Waals surface area contributed by atoms with E-state index >= 15 is 0 Å². The lowest BCUT2D eigenvalue weighted by molar-refractivity contribution is -0.136. The van der Waals surface area contributed by atoms with Gasteiger partial charge in [-0.1, -0.05) is 12.1 Å². The molecule has 0 aliphatic carbocycles. The van der Waals surface area contributed by atoms with Crippen molar-refractivity contribution >= 4 is 23.2 Å². The Morgan fingerprint density at radius 2 is 1.82 bits per heavy atom. The zero-order valence-electron chi connectivity index (χ0n) is 15.4. The predicted octanol–water partition coefficient (Wildman–Crippen LogP) is 1.54. The first-order valence-corrected chi connectivity index (χ1v) is 9.05. The van der Waals surface area contributed by atoms with Crippen LogP contribution in [0.15, 0.2) is 48.5 Å². The van der Waals surface area contributed by atoms with E-state index < -0.39 is 11.8 Å². The molecule has 1 unspecified atom stereocenters. The van der Waals surface area contributed by atoms with Crippen molar-refractivity contribution in [2.24, 2.45) is 0 Å². The summed E-state index contributed by atoms with van der Waals surface area (Å²) in [7, 11) is 0. The number of benzene rings is 2. The third-order valence-electron chi connectivity index (χ3n) is 4.55. The molecule has 28 heavy (non-hydrogen) atoms. The van der Waals surface area contributed by atoms with E-state index in [1.54, 1.807) is 30.3 Å². The highest BCUT2D eigenvalue weighted by molar-refractivity contribution is 6.39. The molecule has 0 bridgehead atoms. The second-order valence-electron chi connectivity index (χ2n) is 6.51. The number of anilines is 2. The molecule has 2 aromatic rings. The zero-order valence-corrected chi connectivity index (χ0v) is 15.4. The summed E-state index contributed by atoms with van der Waals surface area (Å²) in [4.78, 5) is 26.5. The highest BCUT2D eigenvalue weighted by atomic mass is 19.1. The first-order valence-electron chi connectivity index (χ1n) is 9.05. The van der Waals surface area contributed by atoms with E-state index in [1.807, 2.05) is 6.07 Å². The fourth-order valence-corrected chi connectivity index (χ4v) is 3.08. The predicted molar refractivity (Wildman–Crippen MR) is 104 cm³/mol. The Bertz CT molecular complexity index is 822. The van der Waals surface area contributed by atoms with E-state index in [0.29, 0.717) is 37.7 Å². The largest absolute Gasteiger partial charge is 0.399 e. The number of hydrogen-bond donors (Lipinski definition) is 3. The van der Waals surface area contributed by atoms with Gasteiger partial charge in [0.05, 0.1) is 19.3 Å². The summed E-state index contributed by atoms with van der Waals surface area (Å²) in [5.41, 5.74) is 7.38. The van der Waals surface area contributed by atoms with Crippen molar-refractivity contribution < 1.29 is 18.7 Å². The molecule has 3 rings (SSSR count). The number of rotatable bonds is 5. The van der Waals surface area contributed by atoms with Gasteiger partial charge < -0.3 is 21.1 Å². The number of halogens is 1. The molecular weight excluding hydrogens is 363 g/mol. The molecule has 8 heteroatoms. The molecule has 1 aliphatic heterocycles. The van der Waals surface area contributed by atoms with Gasteiger partial charge in [-0.3, -0.25) is 14.5 Å². The maximum atomic E-state index is 13.7. The summed E-state index contributed by atoms with van der Waals surface area (Å²) in [6, 6.07) is 12.5. The Morgan fingerprint density at radius 1 is 1.11 bits per heavy atom. The first kappa shape index (κ1) is 19.8. The van der Waals surface area contributed by atoms with Gasteiger partial charge in [-0.05, 0) is 42.0 Å². The Labute approximate surface area is 162 Å². The summed E-state index contributed by atoms with van der Waals surface area (Å²) in [6.07, 6.45) is 0. The van der Waals surface area contributed by atoms with Gasteiger partial charge in [-0.25, -0.2) is 4.39 Å². The van der Waals surface area contributed by atoms with Crippen LogP contribution in [-0.4, -0.2) is 49.6 Å². The minimum atomic E-state index is -0.773. The maximum Gasteiger partial charge on any atom is 0.313 e. The summed E-state index contributed by atoms with van der Waals surface area (Å²) < 4.78 is 19.1. The number of nitrogen functional groups attached to an aromatic ring is 1. The van der Waals surface area contributed by atoms with Crippen molar-refractivity contribution in [1.29, 1.82) is 0 Å². The highest BCUT2D eigenvalue weighted by Gasteiger charge is 2.24. The molecular formula is C20H23FN4O3. The van der Waals surface area contributed by atoms with Crippen LogP contribution in [0.25, 0.3) is 0 Å². The first-order chi connectivity index (χ1) is 13.5. The van der Waals surface area contributed by atoms with Crippen molar-refractivity contribution in [2.45, 2.75) is 6.04 Å². The average Bonchev–Trinajstić information content (AvgIpc) is 2.70. The molecule has 2 aromatic carbocycles. The quantitative estimate of drug-likeness (QED) is 0.535. The van der Waals surface area contributed by atoms with E-state index in [4.69, 9.17) is 10.5 Å². The third-order valence-corrected chi connectivity index (χ3v) is 4.55. The van der Waals surface area contributed by atoms with E-state index in [9.17, 15) is 14.0 Å². The number of amides is 2.